The van der Waals surface area contributed by atoms with Gasteiger partial charge in [0.15, 0.2) is 0 Å². The number of hydrogen-bond acceptors (Lipinski definition) is 2. The molecule has 0 heterocycles. The van der Waals surface area contributed by atoms with Crippen molar-refractivity contribution in [1.29, 1.82) is 0 Å². The third kappa shape index (κ3) is 3.97. The maximum Gasteiger partial charge on any atom is 0.304 e. The van der Waals surface area contributed by atoms with Crippen LogP contribution in [0.25, 0.3) is 0 Å². The summed E-state index contributed by atoms with van der Waals surface area (Å²) in [7, 11) is 0. The molecule has 1 aromatic carbocycles. The van der Waals surface area contributed by atoms with Crippen molar-refractivity contribution in [2.24, 2.45) is 0 Å². The van der Waals surface area contributed by atoms with E-state index in [0.29, 0.717) is 17.6 Å². The van der Waals surface area contributed by atoms with Gasteiger partial charge in [-0.1, -0.05) is 27.5 Å². The fourth-order valence-corrected chi connectivity index (χ4v) is 2.52. The Morgan fingerprint density at radius 3 is 2.83 bits per heavy atom. The smallest absolute Gasteiger partial charge is 0.304 e. The molecule has 2 rings (SSSR count). The lowest BCUT2D eigenvalue weighted by Crippen LogP contribution is -2.28. The van der Waals surface area contributed by atoms with Crippen LogP contribution in [0.15, 0.2) is 22.7 Å². The minimum Gasteiger partial charge on any atom is -0.481 e. The summed E-state index contributed by atoms with van der Waals surface area (Å²) >= 11 is 9.50. The number of benzene rings is 1. The normalized spacial score (nSPS) is 15.1. The Morgan fingerprint density at radius 1 is 1.50 bits per heavy atom. The van der Waals surface area contributed by atoms with Crippen LogP contribution in [0.3, 0.4) is 0 Å². The Labute approximate surface area is 120 Å². The third-order valence-corrected chi connectivity index (χ3v) is 4.07. The second-order valence-electron chi connectivity index (χ2n) is 4.58. The van der Waals surface area contributed by atoms with E-state index in [4.69, 9.17) is 16.7 Å². The van der Waals surface area contributed by atoms with Gasteiger partial charge in [-0.25, -0.2) is 0 Å². The highest BCUT2D eigenvalue weighted by Crippen LogP contribution is 2.30. The zero-order chi connectivity index (χ0) is 13.1. The highest BCUT2D eigenvalue weighted by atomic mass is 79.9. The van der Waals surface area contributed by atoms with Gasteiger partial charge in [0.1, 0.15) is 0 Å². The van der Waals surface area contributed by atoms with E-state index in [1.807, 2.05) is 18.2 Å². The molecule has 18 heavy (non-hydrogen) atoms. The molecular weight excluding hydrogens is 318 g/mol. The third-order valence-electron chi connectivity index (χ3n) is 3.06. The van der Waals surface area contributed by atoms with Crippen LogP contribution >= 0.6 is 27.5 Å². The van der Waals surface area contributed by atoms with Gasteiger partial charge < -0.3 is 5.11 Å². The molecule has 0 saturated heterocycles. The minimum atomic E-state index is -0.745. The van der Waals surface area contributed by atoms with Gasteiger partial charge in [0.25, 0.3) is 0 Å². The molecule has 0 unspecified atom stereocenters. The standard InChI is InChI=1S/C13H15BrClNO2/c14-12-4-1-10(15)7-9(12)8-16(11-2-3-11)6-5-13(17)18/h1,4,7,11H,2-3,5-6,8H2,(H,17,18). The van der Waals surface area contributed by atoms with Gasteiger partial charge in [-0.2, -0.15) is 0 Å². The lowest BCUT2D eigenvalue weighted by molar-refractivity contribution is -0.137. The predicted molar refractivity (Wildman–Crippen MR) is 74.8 cm³/mol. The topological polar surface area (TPSA) is 40.5 Å². The lowest BCUT2D eigenvalue weighted by Gasteiger charge is -2.22. The van der Waals surface area contributed by atoms with Crippen molar-refractivity contribution >= 4 is 33.5 Å². The Morgan fingerprint density at radius 2 is 2.22 bits per heavy atom. The van der Waals surface area contributed by atoms with E-state index in [2.05, 4.69) is 20.8 Å². The van der Waals surface area contributed by atoms with Crippen LogP contribution in [-0.2, 0) is 11.3 Å². The molecular formula is C13H15BrClNO2. The minimum absolute atomic E-state index is 0.189. The van der Waals surface area contributed by atoms with Gasteiger partial charge in [0, 0.05) is 28.6 Å². The first-order valence-electron chi connectivity index (χ1n) is 5.96. The molecule has 1 saturated carbocycles. The van der Waals surface area contributed by atoms with E-state index in [1.165, 1.54) is 0 Å². The molecule has 0 aromatic heterocycles. The zero-order valence-corrected chi connectivity index (χ0v) is 12.2. The number of hydrogen-bond donors (Lipinski definition) is 1. The average Bonchev–Trinajstić information content (AvgIpc) is 3.12. The van der Waals surface area contributed by atoms with Crippen molar-refractivity contribution < 1.29 is 9.90 Å². The first-order valence-corrected chi connectivity index (χ1v) is 7.13. The van der Waals surface area contributed by atoms with E-state index < -0.39 is 5.97 Å². The van der Waals surface area contributed by atoms with Crippen LogP contribution in [0, 0.1) is 0 Å². The Bertz CT molecular complexity index is 449. The zero-order valence-electron chi connectivity index (χ0n) is 9.90. The van der Waals surface area contributed by atoms with Crippen molar-refractivity contribution in [3.05, 3.63) is 33.3 Å². The molecule has 1 aliphatic rings. The van der Waals surface area contributed by atoms with Crippen LogP contribution in [0.1, 0.15) is 24.8 Å². The van der Waals surface area contributed by atoms with Crippen LogP contribution in [0.2, 0.25) is 5.02 Å². The molecule has 1 fully saturated rings. The molecule has 98 valence electrons. The van der Waals surface area contributed by atoms with Crippen molar-refractivity contribution in [2.75, 3.05) is 6.54 Å². The molecule has 3 nitrogen and oxygen atoms in total. The van der Waals surface area contributed by atoms with E-state index in [-0.39, 0.29) is 6.42 Å². The molecule has 5 heteroatoms. The molecule has 1 aliphatic carbocycles. The van der Waals surface area contributed by atoms with Crippen molar-refractivity contribution in [1.82, 2.24) is 4.90 Å². The number of carbonyl (C=O) groups is 1. The maximum absolute atomic E-state index is 10.7. The van der Waals surface area contributed by atoms with Crippen molar-refractivity contribution in [3.8, 4) is 0 Å². The molecule has 0 aliphatic heterocycles. The fourth-order valence-electron chi connectivity index (χ4n) is 1.95. The SMILES string of the molecule is O=C(O)CCN(Cc1cc(Cl)ccc1Br)C1CC1. The van der Waals surface area contributed by atoms with Crippen molar-refractivity contribution in [2.45, 2.75) is 31.8 Å². The summed E-state index contributed by atoms with van der Waals surface area (Å²) in [6.07, 6.45) is 2.52. The van der Waals surface area contributed by atoms with Gasteiger partial charge >= 0.3 is 5.97 Å². The molecule has 1 N–H and O–H groups in total. The summed E-state index contributed by atoms with van der Waals surface area (Å²) in [5.74, 6) is -0.745. The molecule has 0 amide bonds. The van der Waals surface area contributed by atoms with Crippen LogP contribution in [-0.4, -0.2) is 28.6 Å². The molecule has 0 atom stereocenters. The number of halogens is 2. The highest BCUT2D eigenvalue weighted by Gasteiger charge is 2.29. The Hall–Kier alpha value is -0.580. The van der Waals surface area contributed by atoms with E-state index in [9.17, 15) is 4.79 Å². The van der Waals surface area contributed by atoms with Gasteiger partial charge in [0.05, 0.1) is 6.42 Å². The summed E-state index contributed by atoms with van der Waals surface area (Å²) in [6.45, 7) is 1.35. The summed E-state index contributed by atoms with van der Waals surface area (Å²) in [5.41, 5.74) is 1.11. The molecule has 1 aromatic rings. The van der Waals surface area contributed by atoms with E-state index >= 15 is 0 Å². The number of rotatable bonds is 6. The van der Waals surface area contributed by atoms with E-state index in [0.717, 1.165) is 29.4 Å². The number of carboxylic acid groups (broad SMARTS) is 1. The Kier molecular flexibility index (Phi) is 4.65. The summed E-state index contributed by atoms with van der Waals surface area (Å²) in [4.78, 5) is 12.9. The van der Waals surface area contributed by atoms with Crippen molar-refractivity contribution in [3.63, 3.8) is 0 Å². The number of nitrogens with zero attached hydrogens (tertiary/aromatic N) is 1. The van der Waals surface area contributed by atoms with Crippen LogP contribution in [0.5, 0.6) is 0 Å². The van der Waals surface area contributed by atoms with Gasteiger partial charge in [-0.05, 0) is 36.6 Å². The number of carboxylic acids is 1. The second-order valence-corrected chi connectivity index (χ2v) is 5.87. The van der Waals surface area contributed by atoms with Gasteiger partial charge in [-0.3, -0.25) is 9.69 Å². The van der Waals surface area contributed by atoms with Crippen LogP contribution in [0.4, 0.5) is 0 Å². The van der Waals surface area contributed by atoms with Gasteiger partial charge in [0.2, 0.25) is 0 Å². The fraction of sp³-hybridized carbons (Fsp3) is 0.462. The Balaban J connectivity index is 2.03. The monoisotopic (exact) mass is 331 g/mol. The first-order chi connectivity index (χ1) is 8.56. The predicted octanol–water partition coefficient (Wildman–Crippen LogP) is 3.54. The number of aliphatic carboxylic acids is 1. The molecule has 0 bridgehead atoms. The summed E-state index contributed by atoms with van der Waals surface area (Å²) in [6, 6.07) is 6.24. The second kappa shape index (κ2) is 6.04. The van der Waals surface area contributed by atoms with E-state index in [1.54, 1.807) is 0 Å². The molecule has 0 radical (unpaired) electrons. The largest absolute Gasteiger partial charge is 0.481 e. The van der Waals surface area contributed by atoms with Crippen LogP contribution < -0.4 is 0 Å². The van der Waals surface area contributed by atoms with Gasteiger partial charge in [-0.15, -0.1) is 0 Å². The maximum atomic E-state index is 10.7. The average molecular weight is 333 g/mol. The molecule has 0 spiro atoms. The highest BCUT2D eigenvalue weighted by molar-refractivity contribution is 9.10. The summed E-state index contributed by atoms with van der Waals surface area (Å²) < 4.78 is 1.02. The quantitative estimate of drug-likeness (QED) is 0.866. The summed E-state index contributed by atoms with van der Waals surface area (Å²) in [5, 5.41) is 9.48. The lowest BCUT2D eigenvalue weighted by atomic mass is 10.2. The first kappa shape index (κ1) is 13.8.